The van der Waals surface area contributed by atoms with Crippen molar-refractivity contribution in [2.75, 3.05) is 11.5 Å². The van der Waals surface area contributed by atoms with Crippen LogP contribution in [0.5, 0.6) is 0 Å². The fraction of sp³-hybridized carbons (Fsp3) is 0. The summed E-state index contributed by atoms with van der Waals surface area (Å²) in [5.41, 5.74) is 10.8. The van der Waals surface area contributed by atoms with Gasteiger partial charge in [0.1, 0.15) is 5.69 Å². The Balaban J connectivity index is 3.00. The molecule has 0 saturated carbocycles. The molecule has 14 heavy (non-hydrogen) atoms. The van der Waals surface area contributed by atoms with Crippen molar-refractivity contribution >= 4 is 11.4 Å². The van der Waals surface area contributed by atoms with Crippen LogP contribution in [0, 0.1) is 0 Å². The number of nitrogens with zero attached hydrogens (tertiary/aromatic N) is 2. The van der Waals surface area contributed by atoms with E-state index in [4.69, 9.17) is 16.7 Å². The van der Waals surface area contributed by atoms with Gasteiger partial charge < -0.3 is 21.9 Å². The Morgan fingerprint density at radius 2 is 1.93 bits per heavy atom. The number of hydrogen-bond donors (Lipinski definition) is 4. The van der Waals surface area contributed by atoms with Gasteiger partial charge in [-0.25, -0.2) is 0 Å². The molecule has 0 radical (unpaired) electrons. The molecule has 0 fully saturated rings. The van der Waals surface area contributed by atoms with E-state index < -0.39 is 5.43 Å². The molecule has 0 aromatic rings. The molecule has 0 aromatic carbocycles. The first kappa shape index (κ1) is 8.30. The van der Waals surface area contributed by atoms with Crippen LogP contribution < -0.4 is 16.9 Å². The average molecular weight is 196 g/mol. The van der Waals surface area contributed by atoms with E-state index in [1.54, 1.807) is 0 Å². The van der Waals surface area contributed by atoms with Crippen molar-refractivity contribution < 1.29 is 10.4 Å². The lowest BCUT2D eigenvalue weighted by molar-refractivity contribution is -0.00650. The SMILES string of the molecule is Nc1cc(=O)c2cn(O)n(O)c-2c1N. The van der Waals surface area contributed by atoms with Crippen LogP contribution in [0.1, 0.15) is 0 Å². The van der Waals surface area contributed by atoms with Crippen molar-refractivity contribution in [1.29, 1.82) is 0 Å². The summed E-state index contributed by atoms with van der Waals surface area (Å²) in [6.07, 6.45) is 1.05. The zero-order chi connectivity index (χ0) is 10.5. The molecule has 0 amide bonds. The average Bonchev–Trinajstić information content (AvgIpc) is 2.41. The number of anilines is 2. The smallest absolute Gasteiger partial charge is 0.192 e. The summed E-state index contributed by atoms with van der Waals surface area (Å²) in [5, 5.41) is 18.4. The summed E-state index contributed by atoms with van der Waals surface area (Å²) >= 11 is 0. The maximum atomic E-state index is 11.3. The Hall–Kier alpha value is -2.31. The molecule has 0 atom stereocenters. The monoisotopic (exact) mass is 196 g/mol. The fourth-order valence-electron chi connectivity index (χ4n) is 1.31. The maximum Gasteiger partial charge on any atom is 0.192 e. The first-order chi connectivity index (χ1) is 6.52. The Morgan fingerprint density at radius 1 is 1.29 bits per heavy atom. The predicted octanol–water partition coefficient (Wildman–Crippen LogP) is -0.606. The second kappa shape index (κ2) is 2.34. The Morgan fingerprint density at radius 3 is 2.57 bits per heavy atom. The molecule has 1 aliphatic heterocycles. The standard InChI is InChI=1S/C7H8N4O3/c8-4-1-5(12)3-2-10(13)11(14)7(3)6(4)9/h1-2,13-14H,8-9H2. The predicted molar refractivity (Wildman–Crippen MR) is 48.5 cm³/mol. The van der Waals surface area contributed by atoms with Gasteiger partial charge >= 0.3 is 0 Å². The number of benzene rings is 1. The summed E-state index contributed by atoms with van der Waals surface area (Å²) in [6.45, 7) is 0. The summed E-state index contributed by atoms with van der Waals surface area (Å²) in [6, 6.07) is 1.14. The molecular formula is C7H8N4O3. The van der Waals surface area contributed by atoms with Gasteiger partial charge in [0.05, 0.1) is 23.1 Å². The highest BCUT2D eigenvalue weighted by atomic mass is 16.6. The fourth-order valence-corrected chi connectivity index (χ4v) is 1.31. The van der Waals surface area contributed by atoms with Crippen molar-refractivity contribution in [3.8, 4) is 11.3 Å². The van der Waals surface area contributed by atoms with E-state index in [1.807, 2.05) is 0 Å². The molecule has 0 unspecified atom stereocenters. The van der Waals surface area contributed by atoms with Gasteiger partial charge in [-0.05, 0) is 0 Å². The van der Waals surface area contributed by atoms with Gasteiger partial charge in [0.25, 0.3) is 0 Å². The van der Waals surface area contributed by atoms with E-state index in [-0.39, 0.29) is 22.6 Å². The van der Waals surface area contributed by atoms with E-state index in [0.717, 1.165) is 12.3 Å². The number of fused-ring (bicyclic) bond motifs is 1. The quantitative estimate of drug-likeness (QED) is 0.331. The first-order valence-electron chi connectivity index (χ1n) is 3.73. The van der Waals surface area contributed by atoms with Gasteiger partial charge in [0.15, 0.2) is 5.43 Å². The number of hydrogen-bond acceptors (Lipinski definition) is 5. The maximum absolute atomic E-state index is 11.3. The van der Waals surface area contributed by atoms with Crippen LogP contribution in [0.2, 0.25) is 0 Å². The number of aromatic nitrogens is 2. The normalized spacial score (nSPS) is 10.9. The molecule has 7 nitrogen and oxygen atoms in total. The summed E-state index contributed by atoms with van der Waals surface area (Å²) in [4.78, 5) is 12.0. The van der Waals surface area contributed by atoms with Crippen LogP contribution in [0.25, 0.3) is 11.3 Å². The molecule has 74 valence electrons. The second-order valence-electron chi connectivity index (χ2n) is 2.88. The largest absolute Gasteiger partial charge is 0.411 e. The highest BCUT2D eigenvalue weighted by molar-refractivity contribution is 5.83. The van der Waals surface area contributed by atoms with Gasteiger partial charge in [-0.3, -0.25) is 4.79 Å². The zero-order valence-electron chi connectivity index (χ0n) is 7.01. The van der Waals surface area contributed by atoms with Crippen LogP contribution in [-0.2, 0) is 0 Å². The van der Waals surface area contributed by atoms with Gasteiger partial charge in [-0.2, -0.15) is 0 Å². The van der Waals surface area contributed by atoms with Crippen molar-refractivity contribution in [2.45, 2.75) is 0 Å². The van der Waals surface area contributed by atoms with E-state index in [1.165, 1.54) is 0 Å². The molecule has 6 N–H and O–H groups in total. The summed E-state index contributed by atoms with van der Waals surface area (Å²) in [5.74, 6) is 0. The third-order valence-electron chi connectivity index (χ3n) is 2.01. The van der Waals surface area contributed by atoms with Gasteiger partial charge in [-0.15, -0.1) is 0 Å². The highest BCUT2D eigenvalue weighted by Crippen LogP contribution is 2.28. The third kappa shape index (κ3) is 0.830. The number of rotatable bonds is 0. The summed E-state index contributed by atoms with van der Waals surface area (Å²) in [7, 11) is 0. The van der Waals surface area contributed by atoms with Crippen LogP contribution >= 0.6 is 0 Å². The molecule has 0 spiro atoms. The van der Waals surface area contributed by atoms with Crippen LogP contribution in [0.3, 0.4) is 0 Å². The molecule has 2 aliphatic rings. The van der Waals surface area contributed by atoms with Crippen molar-refractivity contribution in [1.82, 2.24) is 9.69 Å². The molecular weight excluding hydrogens is 188 g/mol. The molecule has 1 aliphatic carbocycles. The minimum Gasteiger partial charge on any atom is -0.411 e. The van der Waals surface area contributed by atoms with E-state index in [2.05, 4.69) is 0 Å². The van der Waals surface area contributed by atoms with Crippen LogP contribution in [0.4, 0.5) is 11.4 Å². The topological polar surface area (TPSA) is 119 Å². The van der Waals surface area contributed by atoms with Crippen LogP contribution in [0.15, 0.2) is 17.1 Å². The lowest BCUT2D eigenvalue weighted by Crippen LogP contribution is -2.12. The molecule has 0 saturated heterocycles. The molecule has 2 rings (SSSR count). The second-order valence-corrected chi connectivity index (χ2v) is 2.88. The summed E-state index contributed by atoms with van der Waals surface area (Å²) < 4.78 is 0. The van der Waals surface area contributed by atoms with Crippen LogP contribution in [-0.4, -0.2) is 20.1 Å². The Kier molecular flexibility index (Phi) is 1.39. The molecule has 1 heterocycles. The molecule has 0 bridgehead atoms. The van der Waals surface area contributed by atoms with Gasteiger partial charge in [0.2, 0.25) is 0 Å². The van der Waals surface area contributed by atoms with E-state index in [0.29, 0.717) is 9.69 Å². The van der Waals surface area contributed by atoms with Crippen molar-refractivity contribution in [3.05, 3.63) is 22.5 Å². The van der Waals surface area contributed by atoms with Crippen molar-refractivity contribution in [2.24, 2.45) is 0 Å². The van der Waals surface area contributed by atoms with Crippen molar-refractivity contribution in [3.63, 3.8) is 0 Å². The minimum absolute atomic E-state index is 0.00231. The number of nitrogens with two attached hydrogens (primary N) is 2. The lowest BCUT2D eigenvalue weighted by atomic mass is 10.1. The van der Waals surface area contributed by atoms with E-state index in [9.17, 15) is 10.0 Å². The minimum atomic E-state index is -0.415. The Labute approximate surface area is 77.6 Å². The van der Waals surface area contributed by atoms with Gasteiger partial charge in [-0.1, -0.05) is 9.69 Å². The Bertz CT molecular complexity index is 527. The zero-order valence-corrected chi connectivity index (χ0v) is 7.01. The lowest BCUT2D eigenvalue weighted by Gasteiger charge is -2.05. The van der Waals surface area contributed by atoms with E-state index >= 15 is 0 Å². The molecule has 0 aromatic heterocycles. The highest BCUT2D eigenvalue weighted by Gasteiger charge is 2.20. The van der Waals surface area contributed by atoms with Gasteiger partial charge in [0, 0.05) is 6.07 Å². The first-order valence-corrected chi connectivity index (χ1v) is 3.73. The molecule has 7 heteroatoms. The third-order valence-corrected chi connectivity index (χ3v) is 2.01. The number of nitrogen functional groups attached to an aromatic ring is 2.